The summed E-state index contributed by atoms with van der Waals surface area (Å²) in [5, 5.41) is 20.4. The topological polar surface area (TPSA) is 130 Å². The van der Waals surface area contributed by atoms with E-state index in [1.807, 2.05) is 66.7 Å². The lowest BCUT2D eigenvalue weighted by Crippen LogP contribution is -2.53. The van der Waals surface area contributed by atoms with E-state index in [0.717, 1.165) is 75.5 Å². The first-order valence-corrected chi connectivity index (χ1v) is 21.4. The van der Waals surface area contributed by atoms with E-state index in [-0.39, 0.29) is 22.7 Å². The van der Waals surface area contributed by atoms with E-state index in [0.29, 0.717) is 35.9 Å². The van der Waals surface area contributed by atoms with Gasteiger partial charge in [-0.2, -0.15) is 0 Å². The van der Waals surface area contributed by atoms with Gasteiger partial charge in [0, 0.05) is 18.8 Å². The molecule has 4 fully saturated rings. The number of ether oxygens (including phenoxy) is 1. The molecule has 58 heavy (non-hydrogen) atoms. The van der Waals surface area contributed by atoms with Crippen LogP contribution in [0.1, 0.15) is 119 Å². The summed E-state index contributed by atoms with van der Waals surface area (Å²) in [5.74, 6) is 4.72. The molecule has 0 bridgehead atoms. The second kappa shape index (κ2) is 18.9. The third-order valence-corrected chi connectivity index (χ3v) is 14.1. The van der Waals surface area contributed by atoms with E-state index >= 15 is 0 Å². The van der Waals surface area contributed by atoms with Crippen molar-refractivity contribution in [2.45, 2.75) is 109 Å². The van der Waals surface area contributed by atoms with Crippen LogP contribution in [0.25, 0.3) is 0 Å². The first kappa shape index (κ1) is 42.9. The SMILES string of the molecule is C#C[C@]1(OC(C)=O)CC[C@H]2[C@@H]3CCC4=CC(=O)CC[C@@H]4[C@H]3CC[C@@]21C.NC(=O)c1ccccc1O.OC(CCCN1CCCCC1)(c1ccccc1)c1ccccc1. The van der Waals surface area contributed by atoms with Crippen molar-refractivity contribution in [3.8, 4) is 18.1 Å². The van der Waals surface area contributed by atoms with Gasteiger partial charge in [-0.1, -0.05) is 97.6 Å². The lowest BCUT2D eigenvalue weighted by atomic mass is 9.50. The van der Waals surface area contributed by atoms with Crippen LogP contribution in [0.2, 0.25) is 0 Å². The number of carbonyl (C=O) groups excluding carboxylic acids is 3. The van der Waals surface area contributed by atoms with Crippen molar-refractivity contribution in [2.24, 2.45) is 34.8 Å². The summed E-state index contributed by atoms with van der Waals surface area (Å²) in [5.41, 5.74) is 6.73. The number of benzene rings is 3. The number of terminal acetylenes is 1. The summed E-state index contributed by atoms with van der Waals surface area (Å²) in [6.45, 7) is 7.25. The van der Waals surface area contributed by atoms with Crippen LogP contribution in [0.5, 0.6) is 5.75 Å². The van der Waals surface area contributed by atoms with Crippen LogP contribution in [-0.4, -0.2) is 58.0 Å². The fourth-order valence-electron chi connectivity index (χ4n) is 11.2. The highest BCUT2D eigenvalue weighted by atomic mass is 16.6. The van der Waals surface area contributed by atoms with Crippen LogP contribution in [0, 0.1) is 41.4 Å². The van der Waals surface area contributed by atoms with E-state index in [1.165, 1.54) is 57.0 Å². The molecule has 3 aromatic carbocycles. The molecule has 6 atom stereocenters. The molecule has 5 aliphatic rings. The molecule has 0 radical (unpaired) electrons. The van der Waals surface area contributed by atoms with Gasteiger partial charge in [0.05, 0.1) is 5.56 Å². The predicted octanol–water partition coefficient (Wildman–Crippen LogP) is 8.74. The number of aromatic hydroxyl groups is 1. The van der Waals surface area contributed by atoms with Gasteiger partial charge in [-0.05, 0) is 143 Å². The number of fused-ring (bicyclic) bond motifs is 5. The molecule has 3 saturated carbocycles. The van der Waals surface area contributed by atoms with E-state index < -0.39 is 17.1 Å². The number of nitrogens with two attached hydrogens (primary N) is 1. The van der Waals surface area contributed by atoms with Crippen molar-refractivity contribution in [1.82, 2.24) is 4.90 Å². The molecule has 1 amide bonds. The number of amides is 1. The molecule has 4 N–H and O–H groups in total. The highest BCUT2D eigenvalue weighted by molar-refractivity contribution is 5.95. The Hall–Kier alpha value is -4.71. The third kappa shape index (κ3) is 9.27. The van der Waals surface area contributed by atoms with Crippen molar-refractivity contribution in [2.75, 3.05) is 19.6 Å². The number of carbonyl (C=O) groups is 3. The van der Waals surface area contributed by atoms with Crippen LogP contribution in [0.15, 0.2) is 96.6 Å². The Morgan fingerprint density at radius 3 is 2.10 bits per heavy atom. The predicted molar refractivity (Wildman–Crippen MR) is 227 cm³/mol. The Bertz CT molecular complexity index is 1910. The highest BCUT2D eigenvalue weighted by Gasteiger charge is 2.64. The Kier molecular flexibility index (Phi) is 14.0. The maximum absolute atomic E-state index is 11.8. The zero-order chi connectivity index (χ0) is 41.3. The van der Waals surface area contributed by atoms with E-state index in [9.17, 15) is 19.5 Å². The van der Waals surface area contributed by atoms with Crippen LogP contribution in [-0.2, 0) is 19.9 Å². The maximum atomic E-state index is 11.8. The van der Waals surface area contributed by atoms with Gasteiger partial charge in [-0.3, -0.25) is 14.4 Å². The minimum atomic E-state index is -0.891. The maximum Gasteiger partial charge on any atom is 0.304 e. The fourth-order valence-corrected chi connectivity index (χ4v) is 11.2. The van der Waals surface area contributed by atoms with Gasteiger partial charge < -0.3 is 25.6 Å². The summed E-state index contributed by atoms with van der Waals surface area (Å²) in [7, 11) is 0. The molecule has 3 aromatic rings. The molecule has 1 heterocycles. The molecule has 0 spiro atoms. The standard InChI is InChI=1S/C22H28O3.C21H27NO.C7H7NO2/c1-4-22(25-14(2)23)12-10-20-19-7-5-15-13-16(24)6-8-17(15)18(19)9-11-21(20,22)3;23-21(19-11-4-1-5-12-19,20-13-6-2-7-14-20)15-10-18-22-16-8-3-9-17-22;8-7(10)5-3-1-2-4-6(5)9/h1,13,17-20H,5-12H2,2-3H3;1-2,4-7,11-14,23H,3,8-10,15-18H2;1-4,9H,(H2,8,10)/t17-,18+,19+,20-,21-,22-;;/m0../s1. The molecule has 4 aliphatic carbocycles. The number of para-hydroxylation sites is 1. The van der Waals surface area contributed by atoms with Crippen molar-refractivity contribution >= 4 is 17.7 Å². The van der Waals surface area contributed by atoms with Gasteiger partial charge in [0.15, 0.2) is 11.4 Å². The molecule has 1 saturated heterocycles. The van der Waals surface area contributed by atoms with Crippen LogP contribution < -0.4 is 5.73 Å². The number of piperidine rings is 1. The number of nitrogens with zero attached hydrogens (tertiary/aromatic N) is 1. The van der Waals surface area contributed by atoms with Crippen molar-refractivity contribution in [3.63, 3.8) is 0 Å². The number of phenols is 1. The van der Waals surface area contributed by atoms with Crippen molar-refractivity contribution in [3.05, 3.63) is 113 Å². The van der Waals surface area contributed by atoms with Gasteiger partial charge in [0.1, 0.15) is 11.4 Å². The zero-order valence-electron chi connectivity index (χ0n) is 34.4. The molecular weight excluding hydrogens is 725 g/mol. The molecule has 1 aliphatic heterocycles. The average Bonchev–Trinajstić information content (AvgIpc) is 3.53. The summed E-state index contributed by atoms with van der Waals surface area (Å²) < 4.78 is 5.79. The van der Waals surface area contributed by atoms with E-state index in [1.54, 1.807) is 12.1 Å². The van der Waals surface area contributed by atoms with Gasteiger partial charge in [0.25, 0.3) is 5.91 Å². The van der Waals surface area contributed by atoms with Gasteiger partial charge in [-0.15, -0.1) is 6.42 Å². The number of hydrogen-bond donors (Lipinski definition) is 3. The van der Waals surface area contributed by atoms with Crippen molar-refractivity contribution < 1.29 is 29.3 Å². The normalized spacial score (nSPS) is 27.7. The number of allylic oxidation sites excluding steroid dienone is 1. The van der Waals surface area contributed by atoms with E-state index in [4.69, 9.17) is 22.0 Å². The second-order valence-corrected chi connectivity index (χ2v) is 17.3. The Morgan fingerprint density at radius 1 is 0.879 bits per heavy atom. The van der Waals surface area contributed by atoms with Gasteiger partial charge >= 0.3 is 5.97 Å². The number of esters is 1. The Morgan fingerprint density at radius 2 is 1.52 bits per heavy atom. The number of primary amides is 1. The molecule has 8 nitrogen and oxygen atoms in total. The lowest BCUT2D eigenvalue weighted by Gasteiger charge is -2.55. The smallest absolute Gasteiger partial charge is 0.304 e. The number of aliphatic hydroxyl groups is 1. The first-order chi connectivity index (χ1) is 27.9. The van der Waals surface area contributed by atoms with Gasteiger partial charge in [0.2, 0.25) is 0 Å². The van der Waals surface area contributed by atoms with Crippen LogP contribution in [0.3, 0.4) is 0 Å². The number of likely N-dealkylation sites (tertiary alicyclic amines) is 1. The summed E-state index contributed by atoms with van der Waals surface area (Å²) in [6, 6.07) is 26.3. The first-order valence-electron chi connectivity index (χ1n) is 21.4. The third-order valence-electron chi connectivity index (χ3n) is 14.1. The molecule has 308 valence electrons. The number of ketones is 1. The zero-order valence-corrected chi connectivity index (χ0v) is 34.4. The van der Waals surface area contributed by atoms with E-state index in [2.05, 4.69) is 17.7 Å². The highest BCUT2D eigenvalue weighted by Crippen LogP contribution is 2.65. The molecular formula is C50H62N2O6. The Balaban J connectivity index is 0.000000159. The van der Waals surface area contributed by atoms with Crippen molar-refractivity contribution in [1.29, 1.82) is 0 Å². The number of hydrogen-bond acceptors (Lipinski definition) is 7. The molecule has 8 heteroatoms. The second-order valence-electron chi connectivity index (χ2n) is 17.3. The minimum Gasteiger partial charge on any atom is -0.507 e. The Labute approximate surface area is 345 Å². The van der Waals surface area contributed by atoms with Crippen LogP contribution in [0.4, 0.5) is 0 Å². The summed E-state index contributed by atoms with van der Waals surface area (Å²) in [6.07, 6.45) is 21.6. The minimum absolute atomic E-state index is 0.0741. The number of rotatable bonds is 8. The molecule has 8 rings (SSSR count). The lowest BCUT2D eigenvalue weighted by molar-refractivity contribution is -0.167. The fraction of sp³-hybridized carbons (Fsp3) is 0.500. The molecule has 0 unspecified atom stereocenters. The average molecular weight is 787 g/mol. The quantitative estimate of drug-likeness (QED) is 0.154. The van der Waals surface area contributed by atoms with Gasteiger partial charge in [-0.25, -0.2) is 0 Å². The summed E-state index contributed by atoms with van der Waals surface area (Å²) in [4.78, 5) is 36.5. The summed E-state index contributed by atoms with van der Waals surface area (Å²) >= 11 is 0. The largest absolute Gasteiger partial charge is 0.507 e. The monoisotopic (exact) mass is 786 g/mol. The van der Waals surface area contributed by atoms with Crippen LogP contribution >= 0.6 is 0 Å². The molecule has 0 aromatic heterocycles.